The Morgan fingerprint density at radius 3 is 2.43 bits per heavy atom. The Bertz CT molecular complexity index is 64.6. The molecule has 0 aromatic heterocycles. The molecular formula is C6H11O. The molecule has 0 fully saturated rings. The van der Waals surface area contributed by atoms with E-state index in [2.05, 4.69) is 0 Å². The highest BCUT2D eigenvalue weighted by Crippen LogP contribution is 1.93. The summed E-state index contributed by atoms with van der Waals surface area (Å²) in [5.41, 5.74) is 1.13. The highest BCUT2D eigenvalue weighted by molar-refractivity contribution is 5.07. The predicted molar refractivity (Wildman–Crippen MR) is 30.8 cm³/mol. The van der Waals surface area contributed by atoms with Crippen LogP contribution in [0.5, 0.6) is 0 Å². The van der Waals surface area contributed by atoms with Crippen molar-refractivity contribution in [1.82, 2.24) is 0 Å². The zero-order valence-corrected chi connectivity index (χ0v) is 4.81. The molecule has 0 saturated heterocycles. The molecular weight excluding hydrogens is 88.1 g/mol. The molecule has 0 aromatic carbocycles. The molecule has 1 radical (unpaired) electrons. The van der Waals surface area contributed by atoms with E-state index in [9.17, 15) is 0 Å². The second-order valence-electron chi connectivity index (χ2n) is 1.42. The molecule has 41 valence electrons. The first-order chi connectivity index (χ1) is 3.31. The van der Waals surface area contributed by atoms with Crippen LogP contribution in [0.3, 0.4) is 0 Å². The highest BCUT2D eigenvalue weighted by Gasteiger charge is 1.77. The molecule has 1 N–H and O–H groups in total. The Labute approximate surface area is 44.7 Å². The summed E-state index contributed by atoms with van der Waals surface area (Å²) in [6.07, 6.45) is 3.72. The number of aliphatic hydroxyl groups excluding tert-OH is 1. The zero-order valence-electron chi connectivity index (χ0n) is 4.81. The molecule has 0 saturated carbocycles. The summed E-state index contributed by atoms with van der Waals surface area (Å²) in [6.45, 7) is 4.05. The fraction of sp³-hybridized carbons (Fsp3) is 0.500. The fourth-order valence-electron chi connectivity index (χ4n) is 0.262. The Morgan fingerprint density at radius 1 is 1.71 bits per heavy atom. The first-order valence-corrected chi connectivity index (χ1v) is 2.38. The summed E-state index contributed by atoms with van der Waals surface area (Å²) in [6, 6.07) is 0. The summed E-state index contributed by atoms with van der Waals surface area (Å²) in [7, 11) is 0. The van der Waals surface area contributed by atoms with Gasteiger partial charge in [0.2, 0.25) is 0 Å². The van der Waals surface area contributed by atoms with Crippen LogP contribution in [0.15, 0.2) is 11.6 Å². The molecule has 0 aliphatic heterocycles. The smallest absolute Gasteiger partial charge is 0.0615 e. The first kappa shape index (κ1) is 6.70. The summed E-state index contributed by atoms with van der Waals surface area (Å²) >= 11 is 0. The van der Waals surface area contributed by atoms with Crippen LogP contribution in [-0.2, 0) is 0 Å². The molecule has 0 aliphatic carbocycles. The minimum absolute atomic E-state index is 0.149. The molecule has 1 nitrogen and oxygen atoms in total. The lowest BCUT2D eigenvalue weighted by atomic mass is 10.2. The van der Waals surface area contributed by atoms with Gasteiger partial charge in [-0.1, -0.05) is 18.6 Å². The van der Waals surface area contributed by atoms with Gasteiger partial charge in [-0.15, -0.1) is 0 Å². The molecule has 0 aromatic rings. The van der Waals surface area contributed by atoms with E-state index in [0.717, 1.165) is 5.57 Å². The monoisotopic (exact) mass is 99.1 g/mol. The molecule has 0 bridgehead atoms. The number of aliphatic hydroxyl groups is 1. The van der Waals surface area contributed by atoms with E-state index < -0.39 is 0 Å². The van der Waals surface area contributed by atoms with Crippen molar-refractivity contribution < 1.29 is 5.11 Å². The van der Waals surface area contributed by atoms with E-state index in [1.165, 1.54) is 0 Å². The summed E-state index contributed by atoms with van der Waals surface area (Å²) in [5.74, 6) is 0. The minimum Gasteiger partial charge on any atom is -0.392 e. The average Bonchev–Trinajstić information content (AvgIpc) is 1.68. The lowest BCUT2D eigenvalue weighted by molar-refractivity contribution is 0.342. The van der Waals surface area contributed by atoms with E-state index in [1.807, 2.05) is 20.3 Å². The number of hydrogen-bond donors (Lipinski definition) is 1. The minimum atomic E-state index is 0.149. The topological polar surface area (TPSA) is 20.2 Å². The molecule has 0 spiro atoms. The molecule has 0 rings (SSSR count). The largest absolute Gasteiger partial charge is 0.392 e. The van der Waals surface area contributed by atoms with Gasteiger partial charge in [0.1, 0.15) is 0 Å². The number of allylic oxidation sites excluding steroid dienone is 1. The fourth-order valence-corrected chi connectivity index (χ4v) is 0.262. The van der Waals surface area contributed by atoms with Crippen molar-refractivity contribution in [3.05, 3.63) is 18.1 Å². The van der Waals surface area contributed by atoms with Crippen LogP contribution in [0.25, 0.3) is 0 Å². The Balaban J connectivity index is 3.29. The van der Waals surface area contributed by atoms with Crippen molar-refractivity contribution in [2.24, 2.45) is 0 Å². The van der Waals surface area contributed by atoms with Crippen LogP contribution in [0.4, 0.5) is 0 Å². The van der Waals surface area contributed by atoms with Crippen molar-refractivity contribution in [1.29, 1.82) is 0 Å². The van der Waals surface area contributed by atoms with Gasteiger partial charge in [-0.2, -0.15) is 0 Å². The molecule has 0 aliphatic rings. The summed E-state index contributed by atoms with van der Waals surface area (Å²) in [5, 5.41) is 8.27. The third-order valence-electron chi connectivity index (χ3n) is 0.869. The molecule has 0 atom stereocenters. The van der Waals surface area contributed by atoms with Crippen LogP contribution in [0, 0.1) is 6.42 Å². The van der Waals surface area contributed by atoms with Crippen molar-refractivity contribution in [3.8, 4) is 0 Å². The van der Waals surface area contributed by atoms with E-state index in [1.54, 1.807) is 6.08 Å². The van der Waals surface area contributed by atoms with Gasteiger partial charge in [-0.3, -0.25) is 0 Å². The van der Waals surface area contributed by atoms with Crippen LogP contribution in [0.1, 0.15) is 13.8 Å². The van der Waals surface area contributed by atoms with Crippen LogP contribution in [0.2, 0.25) is 0 Å². The molecule has 0 heterocycles. The number of rotatable bonds is 2. The molecule has 0 amide bonds. The van der Waals surface area contributed by atoms with Gasteiger partial charge >= 0.3 is 0 Å². The number of hydrogen-bond acceptors (Lipinski definition) is 1. The Kier molecular flexibility index (Phi) is 3.71. The SMILES string of the molecule is C[CH]C(C)=CCO. The summed E-state index contributed by atoms with van der Waals surface area (Å²) in [4.78, 5) is 0. The maximum absolute atomic E-state index is 8.27. The molecule has 7 heavy (non-hydrogen) atoms. The van der Waals surface area contributed by atoms with E-state index in [4.69, 9.17) is 5.11 Å². The maximum Gasteiger partial charge on any atom is 0.0615 e. The zero-order chi connectivity index (χ0) is 5.70. The average molecular weight is 99.2 g/mol. The van der Waals surface area contributed by atoms with E-state index >= 15 is 0 Å². The Hall–Kier alpha value is -0.300. The maximum atomic E-state index is 8.27. The second kappa shape index (κ2) is 3.88. The van der Waals surface area contributed by atoms with Gasteiger partial charge in [0, 0.05) is 0 Å². The van der Waals surface area contributed by atoms with Crippen molar-refractivity contribution >= 4 is 0 Å². The second-order valence-corrected chi connectivity index (χ2v) is 1.42. The van der Waals surface area contributed by atoms with Crippen molar-refractivity contribution in [2.75, 3.05) is 6.61 Å². The lowest BCUT2D eigenvalue weighted by Gasteiger charge is -1.87. The van der Waals surface area contributed by atoms with Gasteiger partial charge in [0.15, 0.2) is 0 Å². The van der Waals surface area contributed by atoms with Crippen molar-refractivity contribution in [3.63, 3.8) is 0 Å². The predicted octanol–water partition coefficient (Wildman–Crippen LogP) is 1.15. The third kappa shape index (κ3) is 3.53. The highest BCUT2D eigenvalue weighted by atomic mass is 16.2. The van der Waals surface area contributed by atoms with Crippen LogP contribution >= 0.6 is 0 Å². The normalized spacial score (nSPS) is 12.1. The quantitative estimate of drug-likeness (QED) is 0.550. The van der Waals surface area contributed by atoms with Gasteiger partial charge in [0.05, 0.1) is 6.61 Å². The van der Waals surface area contributed by atoms with E-state index in [0.29, 0.717) is 0 Å². The lowest BCUT2D eigenvalue weighted by Crippen LogP contribution is -1.76. The van der Waals surface area contributed by atoms with Gasteiger partial charge < -0.3 is 5.11 Å². The standard InChI is InChI=1S/C6H11O/c1-3-6(2)4-5-7/h3-4,7H,5H2,1-2H3. The van der Waals surface area contributed by atoms with Crippen molar-refractivity contribution in [2.45, 2.75) is 13.8 Å². The summed E-state index contributed by atoms with van der Waals surface area (Å²) < 4.78 is 0. The van der Waals surface area contributed by atoms with Crippen LogP contribution in [-0.4, -0.2) is 11.7 Å². The first-order valence-electron chi connectivity index (χ1n) is 2.38. The Morgan fingerprint density at radius 2 is 2.29 bits per heavy atom. The van der Waals surface area contributed by atoms with Crippen LogP contribution < -0.4 is 0 Å². The van der Waals surface area contributed by atoms with Gasteiger partial charge in [-0.05, 0) is 13.3 Å². The van der Waals surface area contributed by atoms with Gasteiger partial charge in [0.25, 0.3) is 0 Å². The van der Waals surface area contributed by atoms with Gasteiger partial charge in [-0.25, -0.2) is 0 Å². The molecule has 0 unspecified atom stereocenters. The molecule has 1 heteroatoms. The van der Waals surface area contributed by atoms with E-state index in [-0.39, 0.29) is 6.61 Å². The third-order valence-corrected chi connectivity index (χ3v) is 0.869.